The number of anilines is 1. The van der Waals surface area contributed by atoms with Crippen molar-refractivity contribution in [2.75, 3.05) is 31.7 Å². The van der Waals surface area contributed by atoms with Gasteiger partial charge in [-0.15, -0.1) is 0 Å². The molecule has 2 aromatic carbocycles. The molecule has 1 fully saturated rings. The van der Waals surface area contributed by atoms with Crippen LogP contribution in [0.2, 0.25) is 0 Å². The Morgan fingerprint density at radius 2 is 1.80 bits per heavy atom. The highest BCUT2D eigenvalue weighted by atomic mass is 16.5. The standard InChI is InChI=1S/C24H26N2O4/c1-16-9-11-18(12-10-16)26-23(28)21(19-7-3-4-8-20(19)30-2)22(24(26)29)25-13-5-6-17(14-25)15-27/h3-4,7-12,17,27H,5-6,13-15H2,1-2H3. The number of rotatable bonds is 5. The van der Waals surface area contributed by atoms with E-state index in [0.717, 1.165) is 18.4 Å². The van der Waals surface area contributed by atoms with Gasteiger partial charge in [-0.1, -0.05) is 35.9 Å². The van der Waals surface area contributed by atoms with Crippen molar-refractivity contribution in [1.29, 1.82) is 0 Å². The van der Waals surface area contributed by atoms with Crippen molar-refractivity contribution in [3.05, 3.63) is 65.4 Å². The number of carbonyl (C=O) groups excluding carboxylic acids is 2. The van der Waals surface area contributed by atoms with E-state index in [1.165, 1.54) is 4.90 Å². The van der Waals surface area contributed by atoms with Crippen molar-refractivity contribution in [2.45, 2.75) is 19.8 Å². The minimum atomic E-state index is -0.352. The molecule has 2 heterocycles. The van der Waals surface area contributed by atoms with Crippen molar-refractivity contribution in [2.24, 2.45) is 5.92 Å². The van der Waals surface area contributed by atoms with Gasteiger partial charge in [-0.3, -0.25) is 9.59 Å². The van der Waals surface area contributed by atoms with Gasteiger partial charge in [-0.2, -0.15) is 0 Å². The molecule has 0 saturated carbocycles. The van der Waals surface area contributed by atoms with E-state index in [-0.39, 0.29) is 24.3 Å². The quantitative estimate of drug-likeness (QED) is 0.773. The predicted octanol–water partition coefficient (Wildman–Crippen LogP) is 2.99. The van der Waals surface area contributed by atoms with Crippen LogP contribution < -0.4 is 9.64 Å². The average molecular weight is 406 g/mol. The van der Waals surface area contributed by atoms with Gasteiger partial charge in [0.05, 0.1) is 18.4 Å². The molecule has 30 heavy (non-hydrogen) atoms. The lowest BCUT2D eigenvalue weighted by molar-refractivity contribution is -0.120. The third-order valence-electron chi connectivity index (χ3n) is 5.82. The number of ether oxygens (including phenoxy) is 1. The topological polar surface area (TPSA) is 70.1 Å². The highest BCUT2D eigenvalue weighted by molar-refractivity contribution is 6.45. The minimum Gasteiger partial charge on any atom is -0.496 e. The molecule has 6 nitrogen and oxygen atoms in total. The first-order chi connectivity index (χ1) is 14.5. The second kappa shape index (κ2) is 8.32. The summed E-state index contributed by atoms with van der Waals surface area (Å²) in [6.07, 6.45) is 1.77. The van der Waals surface area contributed by atoms with Crippen molar-refractivity contribution in [1.82, 2.24) is 4.90 Å². The smallest absolute Gasteiger partial charge is 0.282 e. The van der Waals surface area contributed by atoms with Crippen molar-refractivity contribution >= 4 is 23.1 Å². The fraction of sp³-hybridized carbons (Fsp3) is 0.333. The van der Waals surface area contributed by atoms with Crippen LogP contribution in [-0.4, -0.2) is 48.6 Å². The first-order valence-corrected chi connectivity index (χ1v) is 10.2. The lowest BCUT2D eigenvalue weighted by Crippen LogP contribution is -2.40. The largest absolute Gasteiger partial charge is 0.496 e. The van der Waals surface area contributed by atoms with Crippen molar-refractivity contribution < 1.29 is 19.4 Å². The SMILES string of the molecule is COc1ccccc1C1=C(N2CCCC(CO)C2)C(=O)N(c2ccc(C)cc2)C1=O. The summed E-state index contributed by atoms with van der Waals surface area (Å²) in [5, 5.41) is 9.67. The lowest BCUT2D eigenvalue weighted by atomic mass is 9.96. The zero-order valence-electron chi connectivity index (χ0n) is 17.3. The Labute approximate surface area is 176 Å². The fourth-order valence-corrected chi connectivity index (χ4v) is 4.25. The number of methoxy groups -OCH3 is 1. The second-order valence-electron chi connectivity index (χ2n) is 7.84. The van der Waals surface area contributed by atoms with E-state index >= 15 is 0 Å². The molecule has 2 aliphatic heterocycles. The van der Waals surface area contributed by atoms with Gasteiger partial charge in [0.1, 0.15) is 11.4 Å². The molecule has 1 saturated heterocycles. The van der Waals surface area contributed by atoms with Gasteiger partial charge in [0.15, 0.2) is 0 Å². The summed E-state index contributed by atoms with van der Waals surface area (Å²) < 4.78 is 5.50. The summed E-state index contributed by atoms with van der Waals surface area (Å²) in [6.45, 7) is 3.25. The van der Waals surface area contributed by atoms with Crippen LogP contribution in [0.3, 0.4) is 0 Å². The fourth-order valence-electron chi connectivity index (χ4n) is 4.25. The Morgan fingerprint density at radius 3 is 2.50 bits per heavy atom. The molecule has 1 atom stereocenters. The number of amides is 2. The van der Waals surface area contributed by atoms with Gasteiger partial charge >= 0.3 is 0 Å². The van der Waals surface area contributed by atoms with Crippen LogP contribution in [0, 0.1) is 12.8 Å². The molecule has 156 valence electrons. The average Bonchev–Trinajstić information content (AvgIpc) is 3.04. The number of carbonyl (C=O) groups is 2. The zero-order chi connectivity index (χ0) is 21.3. The molecular formula is C24H26N2O4. The number of benzene rings is 2. The summed E-state index contributed by atoms with van der Waals surface area (Å²) in [7, 11) is 1.56. The van der Waals surface area contributed by atoms with E-state index in [2.05, 4.69) is 0 Å². The first kappa shape index (κ1) is 20.2. The van der Waals surface area contributed by atoms with Crippen molar-refractivity contribution in [3.63, 3.8) is 0 Å². The number of aryl methyl sites for hydroxylation is 1. The Hall–Kier alpha value is -3.12. The van der Waals surface area contributed by atoms with Crippen LogP contribution in [0.5, 0.6) is 5.75 Å². The molecule has 4 rings (SSSR count). The Morgan fingerprint density at radius 1 is 1.07 bits per heavy atom. The number of para-hydroxylation sites is 1. The zero-order valence-corrected chi connectivity index (χ0v) is 17.3. The van der Waals surface area contributed by atoms with Gasteiger partial charge in [0.2, 0.25) is 0 Å². The third-order valence-corrected chi connectivity index (χ3v) is 5.82. The lowest BCUT2D eigenvalue weighted by Gasteiger charge is -2.34. The van der Waals surface area contributed by atoms with Gasteiger partial charge in [-0.05, 0) is 43.9 Å². The van der Waals surface area contributed by atoms with E-state index < -0.39 is 0 Å². The van der Waals surface area contributed by atoms with Gasteiger partial charge in [-0.25, -0.2) is 4.90 Å². The number of imide groups is 1. The highest BCUT2D eigenvalue weighted by Crippen LogP contribution is 2.39. The summed E-state index contributed by atoms with van der Waals surface area (Å²) in [5.41, 5.74) is 2.96. The molecule has 0 aromatic heterocycles. The number of likely N-dealkylation sites (tertiary alicyclic amines) is 1. The Bertz CT molecular complexity index is 997. The molecule has 2 amide bonds. The molecule has 0 radical (unpaired) electrons. The van der Waals surface area contributed by atoms with Gasteiger partial charge < -0.3 is 14.7 Å². The predicted molar refractivity (Wildman–Crippen MR) is 115 cm³/mol. The van der Waals surface area contributed by atoms with Crippen molar-refractivity contribution in [3.8, 4) is 5.75 Å². The van der Waals surface area contributed by atoms with Crippen LogP contribution in [-0.2, 0) is 9.59 Å². The highest BCUT2D eigenvalue weighted by Gasteiger charge is 2.44. The van der Waals surface area contributed by atoms with E-state index in [1.54, 1.807) is 25.3 Å². The maximum Gasteiger partial charge on any atom is 0.282 e. The summed E-state index contributed by atoms with van der Waals surface area (Å²) in [4.78, 5) is 30.4. The van der Waals surface area contributed by atoms with Crippen LogP contribution in [0.1, 0.15) is 24.0 Å². The third kappa shape index (κ3) is 3.48. The van der Waals surface area contributed by atoms with Crippen LogP contribution in [0.25, 0.3) is 5.57 Å². The monoisotopic (exact) mass is 406 g/mol. The van der Waals surface area contributed by atoms with Gasteiger partial charge in [0, 0.05) is 25.3 Å². The maximum atomic E-state index is 13.6. The summed E-state index contributed by atoms with van der Waals surface area (Å²) in [6, 6.07) is 14.6. The number of hydrogen-bond donors (Lipinski definition) is 1. The van der Waals surface area contributed by atoms with Crippen LogP contribution >= 0.6 is 0 Å². The number of piperidine rings is 1. The molecule has 1 N–H and O–H groups in total. The molecule has 0 bridgehead atoms. The van der Waals surface area contributed by atoms with E-state index in [0.29, 0.717) is 41.4 Å². The normalized spacial score (nSPS) is 19.6. The summed E-state index contributed by atoms with van der Waals surface area (Å²) in [5.74, 6) is -0.0491. The molecule has 6 heteroatoms. The molecule has 2 aromatic rings. The molecule has 2 aliphatic rings. The number of hydrogen-bond acceptors (Lipinski definition) is 5. The maximum absolute atomic E-state index is 13.6. The Kier molecular flexibility index (Phi) is 5.59. The molecule has 0 aliphatic carbocycles. The van der Waals surface area contributed by atoms with E-state index in [4.69, 9.17) is 4.74 Å². The second-order valence-corrected chi connectivity index (χ2v) is 7.84. The van der Waals surface area contributed by atoms with Crippen LogP contribution in [0.15, 0.2) is 54.2 Å². The number of aliphatic hydroxyl groups excluding tert-OH is 1. The molecular weight excluding hydrogens is 380 g/mol. The molecule has 0 spiro atoms. The number of nitrogens with zero attached hydrogens (tertiary/aromatic N) is 2. The number of aliphatic hydroxyl groups is 1. The molecule has 1 unspecified atom stereocenters. The van der Waals surface area contributed by atoms with Crippen LogP contribution in [0.4, 0.5) is 5.69 Å². The first-order valence-electron chi connectivity index (χ1n) is 10.2. The Balaban J connectivity index is 1.85. The van der Waals surface area contributed by atoms with E-state index in [1.807, 2.05) is 42.2 Å². The minimum absolute atomic E-state index is 0.0670. The summed E-state index contributed by atoms with van der Waals surface area (Å²) >= 11 is 0. The van der Waals surface area contributed by atoms with Gasteiger partial charge in [0.25, 0.3) is 11.8 Å². The van der Waals surface area contributed by atoms with E-state index in [9.17, 15) is 14.7 Å².